The predicted octanol–water partition coefficient (Wildman–Crippen LogP) is 3.42. The van der Waals surface area contributed by atoms with Gasteiger partial charge in [-0.05, 0) is 36.8 Å². The summed E-state index contributed by atoms with van der Waals surface area (Å²) in [5.74, 6) is 0. The Balaban J connectivity index is 2.13. The number of hydrogen-bond acceptors (Lipinski definition) is 3. The lowest BCUT2D eigenvalue weighted by Crippen LogP contribution is -2.18. The van der Waals surface area contributed by atoms with E-state index in [2.05, 4.69) is 10.3 Å². The Labute approximate surface area is 143 Å². The van der Waals surface area contributed by atoms with Crippen LogP contribution in [0.2, 0.25) is 0 Å². The number of aryl methyl sites for hydroxylation is 1. The van der Waals surface area contributed by atoms with Crippen LogP contribution in [0.25, 0.3) is 27.5 Å². The van der Waals surface area contributed by atoms with Crippen molar-refractivity contribution >= 4 is 33.9 Å². The number of para-hydroxylation sites is 1. The number of nitrogens with one attached hydrogen (secondary N) is 1. The van der Waals surface area contributed by atoms with Crippen LogP contribution >= 0.6 is 0 Å². The number of nitrogens with zero attached hydrogens (tertiary/aromatic N) is 2. The van der Waals surface area contributed by atoms with E-state index in [1.807, 2.05) is 43.3 Å². The van der Waals surface area contributed by atoms with Crippen molar-refractivity contribution in [2.75, 3.05) is 5.32 Å². The predicted molar refractivity (Wildman–Crippen MR) is 99.3 cm³/mol. The lowest BCUT2D eigenvalue weighted by atomic mass is 10.1. The molecule has 1 N–H and O–H groups in total. The molecule has 0 bridgehead atoms. The monoisotopic (exact) mass is 329 g/mol. The van der Waals surface area contributed by atoms with Crippen LogP contribution in [0.1, 0.15) is 5.56 Å². The van der Waals surface area contributed by atoms with Crippen LogP contribution < -0.4 is 10.9 Å². The van der Waals surface area contributed by atoms with Crippen LogP contribution in [0.4, 0.5) is 5.69 Å². The Morgan fingerprint density at radius 1 is 1.08 bits per heavy atom. The molecule has 2 aromatic carbocycles. The van der Waals surface area contributed by atoms with Gasteiger partial charge in [0.05, 0.1) is 16.7 Å². The lowest BCUT2D eigenvalue weighted by molar-refractivity contribution is -0.105. The molecule has 25 heavy (non-hydrogen) atoms. The molecule has 0 atom stereocenters. The molecule has 1 amide bonds. The van der Waals surface area contributed by atoms with Crippen LogP contribution in [0.3, 0.4) is 0 Å². The van der Waals surface area contributed by atoms with Gasteiger partial charge in [0, 0.05) is 28.7 Å². The van der Waals surface area contributed by atoms with Crippen molar-refractivity contribution in [2.24, 2.45) is 0 Å². The molecule has 0 spiro atoms. The number of benzene rings is 2. The van der Waals surface area contributed by atoms with Crippen LogP contribution in [0, 0.1) is 6.92 Å². The number of pyridine rings is 2. The molecule has 0 aliphatic rings. The number of hydrogen-bond donors (Lipinski definition) is 1. The SMILES string of the molecule is Cc1ccc(-n2c(=O)ccc3cnc4ccccc4c32)cc1NC=O. The summed E-state index contributed by atoms with van der Waals surface area (Å²) in [6.45, 7) is 1.90. The van der Waals surface area contributed by atoms with E-state index in [9.17, 15) is 9.59 Å². The third-order valence-electron chi connectivity index (χ3n) is 4.32. The maximum atomic E-state index is 12.7. The first-order valence-electron chi connectivity index (χ1n) is 7.90. The molecule has 122 valence electrons. The third kappa shape index (κ3) is 2.46. The van der Waals surface area contributed by atoms with Crippen LogP contribution in [0.5, 0.6) is 0 Å². The summed E-state index contributed by atoms with van der Waals surface area (Å²) in [6, 6.07) is 16.6. The Morgan fingerprint density at radius 2 is 1.92 bits per heavy atom. The van der Waals surface area contributed by atoms with Gasteiger partial charge in [-0.2, -0.15) is 0 Å². The van der Waals surface area contributed by atoms with Gasteiger partial charge in [-0.15, -0.1) is 0 Å². The first kappa shape index (κ1) is 15.1. The molecule has 0 fully saturated rings. The molecule has 4 aromatic rings. The van der Waals surface area contributed by atoms with Crippen molar-refractivity contribution in [1.29, 1.82) is 0 Å². The molecule has 2 aromatic heterocycles. The summed E-state index contributed by atoms with van der Waals surface area (Å²) in [7, 11) is 0. The van der Waals surface area contributed by atoms with Crippen molar-refractivity contribution in [3.8, 4) is 5.69 Å². The minimum absolute atomic E-state index is 0.134. The summed E-state index contributed by atoms with van der Waals surface area (Å²) < 4.78 is 1.66. The largest absolute Gasteiger partial charge is 0.328 e. The summed E-state index contributed by atoms with van der Waals surface area (Å²) in [6.07, 6.45) is 2.41. The molecular formula is C20H15N3O2. The summed E-state index contributed by atoms with van der Waals surface area (Å²) in [5.41, 5.74) is 3.80. The molecule has 5 heteroatoms. The molecule has 0 aliphatic heterocycles. The second-order valence-electron chi connectivity index (χ2n) is 5.85. The topological polar surface area (TPSA) is 64.0 Å². The maximum Gasteiger partial charge on any atom is 0.255 e. The molecule has 0 unspecified atom stereocenters. The molecule has 5 nitrogen and oxygen atoms in total. The zero-order valence-corrected chi connectivity index (χ0v) is 13.6. The van der Waals surface area contributed by atoms with Gasteiger partial charge in [0.15, 0.2) is 0 Å². The first-order chi connectivity index (χ1) is 12.2. The second kappa shape index (κ2) is 5.87. The maximum absolute atomic E-state index is 12.7. The summed E-state index contributed by atoms with van der Waals surface area (Å²) in [5, 5.41) is 4.47. The van der Waals surface area contributed by atoms with Gasteiger partial charge in [0.1, 0.15) is 0 Å². The molecule has 0 saturated carbocycles. The van der Waals surface area contributed by atoms with Gasteiger partial charge in [-0.25, -0.2) is 0 Å². The van der Waals surface area contributed by atoms with E-state index in [1.165, 1.54) is 6.07 Å². The minimum atomic E-state index is -0.134. The quantitative estimate of drug-likeness (QED) is 0.463. The van der Waals surface area contributed by atoms with Crippen LogP contribution in [-0.2, 0) is 4.79 Å². The molecular weight excluding hydrogens is 314 g/mol. The molecule has 0 radical (unpaired) electrons. The van der Waals surface area contributed by atoms with Crippen molar-refractivity contribution < 1.29 is 4.79 Å². The van der Waals surface area contributed by atoms with Crippen LogP contribution in [-0.4, -0.2) is 16.0 Å². The Bertz CT molecular complexity index is 1180. The van der Waals surface area contributed by atoms with E-state index >= 15 is 0 Å². The van der Waals surface area contributed by atoms with Crippen LogP contribution in [0.15, 0.2) is 65.6 Å². The van der Waals surface area contributed by atoms with Gasteiger partial charge in [-0.3, -0.25) is 19.1 Å². The average molecular weight is 329 g/mol. The van der Waals surface area contributed by atoms with E-state index < -0.39 is 0 Å². The number of carbonyl (C=O) groups is 1. The van der Waals surface area contributed by atoms with Crippen molar-refractivity contribution in [3.63, 3.8) is 0 Å². The van der Waals surface area contributed by atoms with E-state index in [0.29, 0.717) is 17.8 Å². The zero-order chi connectivity index (χ0) is 17.4. The summed E-state index contributed by atoms with van der Waals surface area (Å²) in [4.78, 5) is 28.0. The van der Waals surface area contributed by atoms with E-state index in [-0.39, 0.29) is 5.56 Å². The van der Waals surface area contributed by atoms with E-state index in [4.69, 9.17) is 0 Å². The lowest BCUT2D eigenvalue weighted by Gasteiger charge is -2.14. The normalized spacial score (nSPS) is 10.9. The number of carbonyl (C=O) groups excluding carboxylic acids is 1. The highest BCUT2D eigenvalue weighted by Gasteiger charge is 2.11. The first-order valence-corrected chi connectivity index (χ1v) is 7.90. The standard InChI is InChI=1S/C20H15N3O2/c1-13-6-8-15(10-18(13)22-12-24)23-19(25)9-7-14-11-21-17-5-3-2-4-16(17)20(14)23/h2-12H,1H3,(H,22,24). The van der Waals surface area contributed by atoms with Gasteiger partial charge in [0.25, 0.3) is 5.56 Å². The zero-order valence-electron chi connectivity index (χ0n) is 13.6. The summed E-state index contributed by atoms with van der Waals surface area (Å²) >= 11 is 0. The Morgan fingerprint density at radius 3 is 2.76 bits per heavy atom. The fraction of sp³-hybridized carbons (Fsp3) is 0.0500. The number of amides is 1. The van der Waals surface area contributed by atoms with Gasteiger partial charge in [0.2, 0.25) is 6.41 Å². The van der Waals surface area contributed by atoms with Gasteiger partial charge in [-0.1, -0.05) is 24.3 Å². The highest BCUT2D eigenvalue weighted by Crippen LogP contribution is 2.26. The fourth-order valence-electron chi connectivity index (χ4n) is 3.08. The van der Waals surface area contributed by atoms with Gasteiger partial charge >= 0.3 is 0 Å². The Hall–Kier alpha value is -3.47. The third-order valence-corrected chi connectivity index (χ3v) is 4.32. The molecule has 4 rings (SSSR count). The van der Waals surface area contributed by atoms with Gasteiger partial charge < -0.3 is 5.32 Å². The van der Waals surface area contributed by atoms with Crippen molar-refractivity contribution in [3.05, 3.63) is 76.7 Å². The average Bonchev–Trinajstić information content (AvgIpc) is 2.64. The van der Waals surface area contributed by atoms with E-state index in [0.717, 1.165) is 27.4 Å². The highest BCUT2D eigenvalue weighted by molar-refractivity contribution is 6.03. The smallest absolute Gasteiger partial charge is 0.255 e. The van der Waals surface area contributed by atoms with E-state index in [1.54, 1.807) is 22.9 Å². The molecule has 0 aliphatic carbocycles. The minimum Gasteiger partial charge on any atom is -0.328 e. The molecule has 0 saturated heterocycles. The number of fused-ring (bicyclic) bond motifs is 3. The Kier molecular flexibility index (Phi) is 3.54. The number of anilines is 1. The van der Waals surface area contributed by atoms with Crippen molar-refractivity contribution in [2.45, 2.75) is 6.92 Å². The highest BCUT2D eigenvalue weighted by atomic mass is 16.1. The number of aromatic nitrogens is 2. The number of rotatable bonds is 3. The molecule has 2 heterocycles. The second-order valence-corrected chi connectivity index (χ2v) is 5.85. The van der Waals surface area contributed by atoms with Crippen molar-refractivity contribution in [1.82, 2.24) is 9.55 Å². The fourth-order valence-corrected chi connectivity index (χ4v) is 3.08.